The van der Waals surface area contributed by atoms with Gasteiger partial charge >= 0.3 is 11.7 Å². The fraction of sp³-hybridized carbons (Fsp3) is 0.286. The molecular weight excluding hydrogens is 160 g/mol. The largest absolute Gasteiger partial charge is 0.480 e. The molecule has 64 valence electrons. The third-order valence-electron chi connectivity index (χ3n) is 1.51. The van der Waals surface area contributed by atoms with Crippen LogP contribution in [-0.2, 0) is 4.79 Å². The zero-order valence-electron chi connectivity index (χ0n) is 6.47. The van der Waals surface area contributed by atoms with Crippen molar-refractivity contribution in [3.63, 3.8) is 0 Å². The van der Waals surface area contributed by atoms with E-state index in [9.17, 15) is 9.59 Å². The smallest absolute Gasteiger partial charge is 0.348 e. The molecule has 12 heavy (non-hydrogen) atoms. The zero-order chi connectivity index (χ0) is 9.14. The molecule has 0 radical (unpaired) electrons. The predicted molar refractivity (Wildman–Crippen MR) is 40.8 cm³/mol. The Balaban J connectivity index is 3.11. The summed E-state index contributed by atoms with van der Waals surface area (Å²) >= 11 is 0. The molecule has 0 amide bonds. The van der Waals surface area contributed by atoms with E-state index in [2.05, 4.69) is 4.98 Å². The molecule has 0 aliphatic rings. The summed E-state index contributed by atoms with van der Waals surface area (Å²) in [6.45, 7) is 1.42. The number of hydrogen-bond donors (Lipinski definition) is 1. The maximum absolute atomic E-state index is 11.0. The number of carbonyl (C=O) groups is 1. The average molecular weight is 168 g/mol. The first-order valence-electron chi connectivity index (χ1n) is 3.39. The molecule has 1 aromatic rings. The van der Waals surface area contributed by atoms with E-state index in [1.165, 1.54) is 25.4 Å². The number of hydrogen-bond acceptors (Lipinski definition) is 3. The van der Waals surface area contributed by atoms with Crippen LogP contribution in [0.2, 0.25) is 0 Å². The lowest BCUT2D eigenvalue weighted by Crippen LogP contribution is -2.28. The molecule has 0 aromatic carbocycles. The Morgan fingerprint density at radius 3 is 2.92 bits per heavy atom. The van der Waals surface area contributed by atoms with E-state index in [1.54, 1.807) is 0 Å². The summed E-state index contributed by atoms with van der Waals surface area (Å²) in [5.41, 5.74) is -0.549. The molecule has 5 nitrogen and oxygen atoms in total. The van der Waals surface area contributed by atoms with Gasteiger partial charge in [0.05, 0.1) is 0 Å². The number of nitrogens with zero attached hydrogens (tertiary/aromatic N) is 2. The van der Waals surface area contributed by atoms with Gasteiger partial charge in [0, 0.05) is 12.4 Å². The van der Waals surface area contributed by atoms with Crippen LogP contribution in [-0.4, -0.2) is 20.6 Å². The van der Waals surface area contributed by atoms with E-state index in [0.29, 0.717) is 0 Å². The predicted octanol–water partition coefficient (Wildman–Crippen LogP) is -0.111. The summed E-state index contributed by atoms with van der Waals surface area (Å²) in [5, 5.41) is 8.57. The number of aromatic nitrogens is 2. The van der Waals surface area contributed by atoms with E-state index >= 15 is 0 Å². The Morgan fingerprint density at radius 2 is 2.42 bits per heavy atom. The maximum atomic E-state index is 11.0. The Kier molecular flexibility index (Phi) is 2.23. The van der Waals surface area contributed by atoms with Crippen LogP contribution in [0.15, 0.2) is 23.3 Å². The van der Waals surface area contributed by atoms with Crippen LogP contribution in [0.3, 0.4) is 0 Å². The molecular formula is C7H8N2O3. The van der Waals surface area contributed by atoms with E-state index < -0.39 is 17.7 Å². The quantitative estimate of drug-likeness (QED) is 0.668. The van der Waals surface area contributed by atoms with Gasteiger partial charge in [-0.15, -0.1) is 0 Å². The van der Waals surface area contributed by atoms with Crippen molar-refractivity contribution in [2.75, 3.05) is 0 Å². The van der Waals surface area contributed by atoms with E-state index in [-0.39, 0.29) is 0 Å². The van der Waals surface area contributed by atoms with Gasteiger partial charge in [0.15, 0.2) is 0 Å². The van der Waals surface area contributed by atoms with Crippen LogP contribution in [0.25, 0.3) is 0 Å². The lowest BCUT2D eigenvalue weighted by molar-refractivity contribution is -0.140. The van der Waals surface area contributed by atoms with Crippen molar-refractivity contribution in [3.8, 4) is 0 Å². The van der Waals surface area contributed by atoms with Gasteiger partial charge in [-0.1, -0.05) is 0 Å². The van der Waals surface area contributed by atoms with Gasteiger partial charge in [-0.3, -0.25) is 4.57 Å². The Hall–Kier alpha value is -1.65. The van der Waals surface area contributed by atoms with Crippen LogP contribution < -0.4 is 5.69 Å². The monoisotopic (exact) mass is 168 g/mol. The molecule has 0 saturated heterocycles. The van der Waals surface area contributed by atoms with Gasteiger partial charge in [-0.25, -0.2) is 14.6 Å². The summed E-state index contributed by atoms with van der Waals surface area (Å²) in [6.07, 6.45) is 2.72. The lowest BCUT2D eigenvalue weighted by Gasteiger charge is -2.07. The first kappa shape index (κ1) is 8.45. The minimum Gasteiger partial charge on any atom is -0.480 e. The van der Waals surface area contributed by atoms with Crippen molar-refractivity contribution in [1.82, 2.24) is 9.55 Å². The second-order valence-electron chi connectivity index (χ2n) is 2.32. The summed E-state index contributed by atoms with van der Waals surface area (Å²) in [5.74, 6) is -1.05. The van der Waals surface area contributed by atoms with Crippen molar-refractivity contribution < 1.29 is 9.90 Å². The van der Waals surface area contributed by atoms with Gasteiger partial charge < -0.3 is 5.11 Å². The summed E-state index contributed by atoms with van der Waals surface area (Å²) < 4.78 is 1.06. The SMILES string of the molecule is C[C@@H](C(=O)O)n1cccnc1=O. The highest BCUT2D eigenvalue weighted by Crippen LogP contribution is 1.99. The van der Waals surface area contributed by atoms with Crippen LogP contribution >= 0.6 is 0 Å². The van der Waals surface area contributed by atoms with Crippen LogP contribution in [0.4, 0.5) is 0 Å². The molecule has 0 fully saturated rings. The second-order valence-corrected chi connectivity index (χ2v) is 2.32. The molecule has 0 saturated carbocycles. The fourth-order valence-electron chi connectivity index (χ4n) is 0.782. The molecule has 0 unspecified atom stereocenters. The van der Waals surface area contributed by atoms with Gasteiger partial charge in [0.25, 0.3) is 0 Å². The minimum absolute atomic E-state index is 0.549. The Labute approximate surface area is 68.3 Å². The molecule has 1 heterocycles. The number of carboxylic acids is 1. The van der Waals surface area contributed by atoms with E-state index in [1.807, 2.05) is 0 Å². The van der Waals surface area contributed by atoms with Crippen LogP contribution in [0, 0.1) is 0 Å². The molecule has 1 N–H and O–H groups in total. The van der Waals surface area contributed by atoms with Gasteiger partial charge in [0.2, 0.25) is 0 Å². The average Bonchev–Trinajstić information content (AvgIpc) is 2.04. The first-order valence-corrected chi connectivity index (χ1v) is 3.39. The van der Waals surface area contributed by atoms with Crippen molar-refractivity contribution in [3.05, 3.63) is 28.9 Å². The number of carboxylic acid groups (broad SMARTS) is 1. The van der Waals surface area contributed by atoms with Crippen molar-refractivity contribution >= 4 is 5.97 Å². The highest BCUT2D eigenvalue weighted by molar-refractivity contribution is 5.71. The third kappa shape index (κ3) is 1.50. The zero-order valence-corrected chi connectivity index (χ0v) is 6.47. The maximum Gasteiger partial charge on any atom is 0.348 e. The fourth-order valence-corrected chi connectivity index (χ4v) is 0.782. The highest BCUT2D eigenvalue weighted by atomic mass is 16.4. The van der Waals surface area contributed by atoms with Gasteiger partial charge in [-0.05, 0) is 13.0 Å². The van der Waals surface area contributed by atoms with Crippen molar-refractivity contribution in [2.45, 2.75) is 13.0 Å². The van der Waals surface area contributed by atoms with Crippen molar-refractivity contribution in [2.24, 2.45) is 0 Å². The van der Waals surface area contributed by atoms with Crippen molar-refractivity contribution in [1.29, 1.82) is 0 Å². The lowest BCUT2D eigenvalue weighted by atomic mass is 10.3. The normalized spacial score (nSPS) is 12.4. The molecule has 1 atom stereocenters. The molecule has 0 bridgehead atoms. The summed E-state index contributed by atoms with van der Waals surface area (Å²) in [7, 11) is 0. The number of rotatable bonds is 2. The summed E-state index contributed by atoms with van der Waals surface area (Å²) in [4.78, 5) is 24.8. The third-order valence-corrected chi connectivity index (χ3v) is 1.51. The number of aliphatic carboxylic acids is 1. The van der Waals surface area contributed by atoms with Crippen LogP contribution in [0.5, 0.6) is 0 Å². The standard InChI is InChI=1S/C7H8N2O3/c1-5(6(10)11)9-4-2-3-8-7(9)12/h2-5H,1H3,(H,10,11)/t5-/m0/s1. The Bertz CT molecular complexity index is 345. The van der Waals surface area contributed by atoms with Gasteiger partial charge in [-0.2, -0.15) is 0 Å². The highest BCUT2D eigenvalue weighted by Gasteiger charge is 2.13. The minimum atomic E-state index is -1.05. The first-order chi connectivity index (χ1) is 5.63. The van der Waals surface area contributed by atoms with E-state index in [4.69, 9.17) is 5.11 Å². The molecule has 0 spiro atoms. The second kappa shape index (κ2) is 3.17. The molecule has 5 heteroatoms. The summed E-state index contributed by atoms with van der Waals surface area (Å²) in [6, 6.07) is 0.645. The van der Waals surface area contributed by atoms with E-state index in [0.717, 1.165) is 4.57 Å². The van der Waals surface area contributed by atoms with Crippen LogP contribution in [0.1, 0.15) is 13.0 Å². The topological polar surface area (TPSA) is 72.2 Å². The molecule has 0 aliphatic carbocycles. The van der Waals surface area contributed by atoms with Gasteiger partial charge in [0.1, 0.15) is 6.04 Å². The molecule has 1 aromatic heterocycles. The molecule has 1 rings (SSSR count). The molecule has 0 aliphatic heterocycles. The Morgan fingerprint density at radius 1 is 1.75 bits per heavy atom.